The second-order valence-corrected chi connectivity index (χ2v) is 6.76. The standard InChI is InChI=1S/C18H26N2O4/c1-12(2)8-17(22)19-16(9-14-4-6-15(21)7-5-14)18(23)20-10-13(3)24-11-20/h4-7,12-13,16,21H,8-11H2,1-3H3,(H,19,22)/t13-,16+/m1/s1. The van der Waals surface area contributed by atoms with Crippen molar-refractivity contribution in [1.29, 1.82) is 0 Å². The summed E-state index contributed by atoms with van der Waals surface area (Å²) in [7, 11) is 0. The fourth-order valence-electron chi connectivity index (χ4n) is 2.70. The quantitative estimate of drug-likeness (QED) is 0.829. The topological polar surface area (TPSA) is 78.9 Å². The van der Waals surface area contributed by atoms with Crippen molar-refractivity contribution in [3.63, 3.8) is 0 Å². The summed E-state index contributed by atoms with van der Waals surface area (Å²) in [6.07, 6.45) is 0.773. The molecule has 24 heavy (non-hydrogen) atoms. The molecule has 1 aliphatic rings. The second-order valence-electron chi connectivity index (χ2n) is 6.76. The fourth-order valence-corrected chi connectivity index (χ4v) is 2.70. The number of hydrogen-bond donors (Lipinski definition) is 2. The lowest BCUT2D eigenvalue weighted by Gasteiger charge is -2.24. The minimum absolute atomic E-state index is 0.00892. The molecule has 2 atom stereocenters. The molecule has 1 saturated heterocycles. The molecule has 2 amide bonds. The summed E-state index contributed by atoms with van der Waals surface area (Å²) in [5, 5.41) is 12.2. The molecule has 0 bridgehead atoms. The van der Waals surface area contributed by atoms with Crippen molar-refractivity contribution in [3.8, 4) is 5.75 Å². The summed E-state index contributed by atoms with van der Waals surface area (Å²) in [6, 6.07) is 6.04. The van der Waals surface area contributed by atoms with Crippen LogP contribution in [0.4, 0.5) is 0 Å². The number of benzene rings is 1. The smallest absolute Gasteiger partial charge is 0.247 e. The first-order valence-corrected chi connectivity index (χ1v) is 8.32. The maximum Gasteiger partial charge on any atom is 0.247 e. The predicted molar refractivity (Wildman–Crippen MR) is 90.3 cm³/mol. The van der Waals surface area contributed by atoms with Crippen molar-refractivity contribution in [2.45, 2.75) is 45.8 Å². The monoisotopic (exact) mass is 334 g/mol. The molecule has 1 fully saturated rings. The van der Waals surface area contributed by atoms with Gasteiger partial charge in [0.2, 0.25) is 11.8 Å². The maximum absolute atomic E-state index is 12.8. The van der Waals surface area contributed by atoms with E-state index >= 15 is 0 Å². The third-order valence-electron chi connectivity index (χ3n) is 3.91. The van der Waals surface area contributed by atoms with Gasteiger partial charge in [-0.2, -0.15) is 0 Å². The Bertz CT molecular complexity index is 571. The van der Waals surface area contributed by atoms with Gasteiger partial charge in [0.1, 0.15) is 18.5 Å². The number of aromatic hydroxyl groups is 1. The summed E-state index contributed by atoms with van der Waals surface area (Å²) in [4.78, 5) is 26.5. The molecule has 6 nitrogen and oxygen atoms in total. The zero-order valence-corrected chi connectivity index (χ0v) is 14.5. The number of phenolic OH excluding ortho intramolecular Hbond substituents is 1. The van der Waals surface area contributed by atoms with Gasteiger partial charge >= 0.3 is 0 Å². The van der Waals surface area contributed by atoms with Gasteiger partial charge in [-0.3, -0.25) is 9.59 Å². The van der Waals surface area contributed by atoms with Crippen molar-refractivity contribution in [2.24, 2.45) is 5.92 Å². The molecule has 0 saturated carbocycles. The van der Waals surface area contributed by atoms with Crippen molar-refractivity contribution in [2.75, 3.05) is 13.3 Å². The minimum atomic E-state index is -0.630. The van der Waals surface area contributed by atoms with E-state index in [4.69, 9.17) is 4.74 Å². The molecular formula is C18H26N2O4. The number of ether oxygens (including phenoxy) is 1. The Balaban J connectivity index is 2.09. The van der Waals surface area contributed by atoms with Gasteiger partial charge < -0.3 is 20.1 Å². The van der Waals surface area contributed by atoms with E-state index in [-0.39, 0.29) is 36.3 Å². The van der Waals surface area contributed by atoms with Crippen molar-refractivity contribution in [1.82, 2.24) is 10.2 Å². The Morgan fingerprint density at radius 2 is 2.00 bits per heavy atom. The Kier molecular flexibility index (Phi) is 6.20. The zero-order valence-electron chi connectivity index (χ0n) is 14.5. The third-order valence-corrected chi connectivity index (χ3v) is 3.91. The molecular weight excluding hydrogens is 308 g/mol. The Morgan fingerprint density at radius 1 is 1.33 bits per heavy atom. The van der Waals surface area contributed by atoms with Crippen LogP contribution < -0.4 is 5.32 Å². The number of hydrogen-bond acceptors (Lipinski definition) is 4. The molecule has 1 aromatic carbocycles. The lowest BCUT2D eigenvalue weighted by Crippen LogP contribution is -2.49. The summed E-state index contributed by atoms with van der Waals surface area (Å²) < 4.78 is 5.43. The van der Waals surface area contributed by atoms with E-state index in [0.717, 1.165) is 5.56 Å². The van der Waals surface area contributed by atoms with E-state index in [2.05, 4.69) is 5.32 Å². The SMILES string of the molecule is CC(C)CC(=O)N[C@@H](Cc1ccc(O)cc1)C(=O)N1CO[C@H](C)C1. The molecule has 2 rings (SSSR count). The van der Waals surface area contributed by atoms with Crippen molar-refractivity contribution < 1.29 is 19.4 Å². The van der Waals surface area contributed by atoms with Crippen LogP contribution >= 0.6 is 0 Å². The van der Waals surface area contributed by atoms with E-state index in [1.807, 2.05) is 20.8 Å². The zero-order chi connectivity index (χ0) is 17.7. The van der Waals surface area contributed by atoms with Crippen LogP contribution in [0.2, 0.25) is 0 Å². The molecule has 2 N–H and O–H groups in total. The summed E-state index contributed by atoms with van der Waals surface area (Å²) in [5.74, 6) is 0.136. The van der Waals surface area contributed by atoms with Crippen LogP contribution in [0.15, 0.2) is 24.3 Å². The lowest BCUT2D eigenvalue weighted by atomic mass is 10.0. The van der Waals surface area contributed by atoms with Gasteiger partial charge in [-0.1, -0.05) is 26.0 Å². The molecule has 0 spiro atoms. The number of carbonyl (C=O) groups excluding carboxylic acids is 2. The normalized spacial score (nSPS) is 18.7. The highest BCUT2D eigenvalue weighted by Crippen LogP contribution is 2.15. The first-order chi connectivity index (χ1) is 11.3. The summed E-state index contributed by atoms with van der Waals surface area (Å²) in [5.41, 5.74) is 0.879. The van der Waals surface area contributed by atoms with Crippen LogP contribution in [0.25, 0.3) is 0 Å². The average Bonchev–Trinajstić information content (AvgIpc) is 2.94. The summed E-state index contributed by atoms with van der Waals surface area (Å²) in [6.45, 7) is 6.63. The molecule has 132 valence electrons. The van der Waals surface area contributed by atoms with Gasteiger partial charge in [-0.05, 0) is 30.5 Å². The van der Waals surface area contributed by atoms with Gasteiger partial charge in [0.15, 0.2) is 0 Å². The minimum Gasteiger partial charge on any atom is -0.508 e. The highest BCUT2D eigenvalue weighted by molar-refractivity contribution is 5.88. The number of rotatable bonds is 6. The fraction of sp³-hybridized carbons (Fsp3) is 0.556. The molecule has 0 aliphatic carbocycles. The van der Waals surface area contributed by atoms with Crippen LogP contribution in [-0.4, -0.2) is 47.2 Å². The Hall–Kier alpha value is -2.08. The second kappa shape index (κ2) is 8.15. The molecule has 1 aromatic rings. The Labute approximate surface area is 142 Å². The third kappa shape index (κ3) is 5.23. The number of nitrogens with zero attached hydrogens (tertiary/aromatic N) is 1. The molecule has 6 heteroatoms. The van der Waals surface area contributed by atoms with Gasteiger partial charge in [-0.15, -0.1) is 0 Å². The first-order valence-electron chi connectivity index (χ1n) is 8.32. The highest BCUT2D eigenvalue weighted by Gasteiger charge is 2.30. The van der Waals surface area contributed by atoms with Crippen LogP contribution in [0.3, 0.4) is 0 Å². The number of amides is 2. The van der Waals surface area contributed by atoms with Gasteiger partial charge in [-0.25, -0.2) is 0 Å². The average molecular weight is 334 g/mol. The Morgan fingerprint density at radius 3 is 2.54 bits per heavy atom. The van der Waals surface area contributed by atoms with Gasteiger partial charge in [0, 0.05) is 19.4 Å². The molecule has 0 aromatic heterocycles. The molecule has 0 unspecified atom stereocenters. The maximum atomic E-state index is 12.8. The molecule has 1 aliphatic heterocycles. The number of carbonyl (C=O) groups is 2. The largest absolute Gasteiger partial charge is 0.508 e. The van der Waals surface area contributed by atoms with E-state index in [1.54, 1.807) is 29.2 Å². The van der Waals surface area contributed by atoms with Gasteiger partial charge in [0.25, 0.3) is 0 Å². The van der Waals surface area contributed by atoms with E-state index < -0.39 is 6.04 Å². The van der Waals surface area contributed by atoms with E-state index in [0.29, 0.717) is 19.4 Å². The van der Waals surface area contributed by atoms with Gasteiger partial charge in [0.05, 0.1) is 6.10 Å². The van der Waals surface area contributed by atoms with E-state index in [1.165, 1.54) is 0 Å². The van der Waals surface area contributed by atoms with Crippen LogP contribution in [0, 0.1) is 5.92 Å². The molecule has 0 radical (unpaired) electrons. The number of phenols is 1. The highest BCUT2D eigenvalue weighted by atomic mass is 16.5. The lowest BCUT2D eigenvalue weighted by molar-refractivity contribution is -0.137. The number of nitrogens with one attached hydrogen (secondary N) is 1. The van der Waals surface area contributed by atoms with Crippen molar-refractivity contribution in [3.05, 3.63) is 29.8 Å². The summed E-state index contributed by atoms with van der Waals surface area (Å²) >= 11 is 0. The van der Waals surface area contributed by atoms with Crippen molar-refractivity contribution >= 4 is 11.8 Å². The first kappa shape index (κ1) is 18.3. The van der Waals surface area contributed by atoms with Crippen LogP contribution in [0.1, 0.15) is 32.8 Å². The predicted octanol–water partition coefficient (Wildman–Crippen LogP) is 1.67. The van der Waals surface area contributed by atoms with E-state index in [9.17, 15) is 14.7 Å². The molecule has 1 heterocycles. The van der Waals surface area contributed by atoms with Crippen LogP contribution in [-0.2, 0) is 20.7 Å². The van der Waals surface area contributed by atoms with Crippen LogP contribution in [0.5, 0.6) is 5.75 Å².